The Morgan fingerprint density at radius 1 is 1.43 bits per heavy atom. The Labute approximate surface area is 86.0 Å². The Morgan fingerprint density at radius 3 is 2.71 bits per heavy atom. The fourth-order valence-electron chi connectivity index (χ4n) is 1.36. The van der Waals surface area contributed by atoms with Crippen molar-refractivity contribution in [3.63, 3.8) is 0 Å². The molecule has 1 fully saturated rings. The summed E-state index contributed by atoms with van der Waals surface area (Å²) in [5.41, 5.74) is 0. The van der Waals surface area contributed by atoms with Crippen LogP contribution in [0.15, 0.2) is 0 Å². The van der Waals surface area contributed by atoms with E-state index in [4.69, 9.17) is 16.3 Å². The Kier molecular flexibility index (Phi) is 4.47. The number of rotatable bonds is 3. The second-order valence-electron chi connectivity index (χ2n) is 3.31. The van der Waals surface area contributed by atoms with Crippen LogP contribution in [0.1, 0.15) is 6.42 Å². The van der Waals surface area contributed by atoms with Crippen molar-refractivity contribution in [1.82, 2.24) is 4.90 Å². The minimum absolute atomic E-state index is 0.0419. The quantitative estimate of drug-likeness (QED) is 0.688. The second-order valence-corrected chi connectivity index (χ2v) is 3.62. The summed E-state index contributed by atoms with van der Waals surface area (Å²) >= 11 is 5.56. The molecule has 1 aliphatic rings. The van der Waals surface area contributed by atoms with Gasteiger partial charge in [-0.25, -0.2) is 0 Å². The van der Waals surface area contributed by atoms with Gasteiger partial charge in [-0.05, 0) is 0 Å². The molecule has 0 aromatic rings. The van der Waals surface area contributed by atoms with E-state index in [2.05, 4.69) is 0 Å². The Hall–Kier alpha value is 0. The molecular weight excluding hydrogens is 219 g/mol. The summed E-state index contributed by atoms with van der Waals surface area (Å²) in [6.45, 7) is 1.57. The lowest BCUT2D eigenvalue weighted by molar-refractivity contribution is -0.141. The second kappa shape index (κ2) is 5.19. The molecule has 1 rings (SSSR count). The molecule has 0 amide bonds. The van der Waals surface area contributed by atoms with Crippen molar-refractivity contribution in [2.24, 2.45) is 0 Å². The summed E-state index contributed by atoms with van der Waals surface area (Å²) in [6, 6.07) is 0. The van der Waals surface area contributed by atoms with E-state index in [1.165, 1.54) is 0 Å². The summed E-state index contributed by atoms with van der Waals surface area (Å²) in [5, 5.41) is 0. The molecule has 0 N–H and O–H groups in total. The molecule has 0 spiro atoms. The van der Waals surface area contributed by atoms with Crippen LogP contribution in [0.3, 0.4) is 0 Å². The Morgan fingerprint density at radius 2 is 2.14 bits per heavy atom. The predicted octanol–water partition coefficient (Wildman–Crippen LogP) is 1.88. The van der Waals surface area contributed by atoms with Crippen LogP contribution in [0, 0.1) is 0 Å². The van der Waals surface area contributed by atoms with Crippen molar-refractivity contribution in [2.45, 2.75) is 18.7 Å². The number of hydrogen-bond acceptors (Lipinski definition) is 2. The zero-order valence-corrected chi connectivity index (χ0v) is 8.44. The van der Waals surface area contributed by atoms with Crippen LogP contribution >= 0.6 is 11.6 Å². The smallest absolute Gasteiger partial charge is 0.374 e. The van der Waals surface area contributed by atoms with E-state index in [1.54, 1.807) is 4.90 Å². The number of nitrogens with zero attached hydrogens (tertiary/aromatic N) is 1. The van der Waals surface area contributed by atoms with E-state index in [0.717, 1.165) is 0 Å². The number of alkyl halides is 4. The van der Waals surface area contributed by atoms with Gasteiger partial charge in [-0.15, -0.1) is 11.6 Å². The third-order valence-electron chi connectivity index (χ3n) is 2.11. The monoisotopic (exact) mass is 231 g/mol. The highest BCUT2D eigenvalue weighted by Crippen LogP contribution is 2.20. The maximum absolute atomic E-state index is 11.9. The molecule has 1 heterocycles. The Balaban J connectivity index is 2.24. The highest BCUT2D eigenvalue weighted by molar-refractivity contribution is 6.18. The summed E-state index contributed by atoms with van der Waals surface area (Å²) in [7, 11) is 0. The number of morpholine rings is 1. The highest BCUT2D eigenvalue weighted by atomic mass is 35.5. The molecule has 0 saturated carbocycles. The van der Waals surface area contributed by atoms with Gasteiger partial charge in [0.1, 0.15) is 0 Å². The molecule has 1 saturated heterocycles. The molecule has 0 aromatic heterocycles. The van der Waals surface area contributed by atoms with E-state index in [-0.39, 0.29) is 12.6 Å². The van der Waals surface area contributed by atoms with Gasteiger partial charge in [-0.2, -0.15) is 13.2 Å². The molecule has 0 radical (unpaired) electrons. The third kappa shape index (κ3) is 4.48. The van der Waals surface area contributed by atoms with Crippen LogP contribution in [-0.4, -0.2) is 49.3 Å². The average molecular weight is 232 g/mol. The van der Waals surface area contributed by atoms with Gasteiger partial charge in [-0.1, -0.05) is 0 Å². The summed E-state index contributed by atoms with van der Waals surface area (Å²) in [5.74, 6) is 0.336. The molecular formula is C8H13ClF3NO. The minimum Gasteiger partial charge on any atom is -0.374 e. The maximum Gasteiger partial charge on any atom is 0.390 e. The minimum atomic E-state index is -4.07. The molecule has 1 unspecified atom stereocenters. The van der Waals surface area contributed by atoms with E-state index >= 15 is 0 Å². The van der Waals surface area contributed by atoms with Crippen LogP contribution in [0.5, 0.6) is 0 Å². The molecule has 84 valence electrons. The largest absolute Gasteiger partial charge is 0.390 e. The van der Waals surface area contributed by atoms with Gasteiger partial charge in [0.25, 0.3) is 0 Å². The number of hydrogen-bond donors (Lipinski definition) is 0. The van der Waals surface area contributed by atoms with Crippen molar-refractivity contribution in [3.8, 4) is 0 Å². The topological polar surface area (TPSA) is 12.5 Å². The molecule has 1 aliphatic heterocycles. The molecule has 0 bridgehead atoms. The molecule has 2 nitrogen and oxygen atoms in total. The first-order chi connectivity index (χ1) is 6.51. The first-order valence-electron chi connectivity index (χ1n) is 4.48. The molecule has 1 atom stereocenters. The molecule has 6 heteroatoms. The zero-order chi connectivity index (χ0) is 10.6. The van der Waals surface area contributed by atoms with Gasteiger partial charge in [0.2, 0.25) is 0 Å². The van der Waals surface area contributed by atoms with Crippen molar-refractivity contribution in [1.29, 1.82) is 0 Å². The lowest BCUT2D eigenvalue weighted by Crippen LogP contribution is -2.44. The van der Waals surface area contributed by atoms with Gasteiger partial charge < -0.3 is 4.74 Å². The molecule has 14 heavy (non-hydrogen) atoms. The van der Waals surface area contributed by atoms with Crippen molar-refractivity contribution >= 4 is 11.6 Å². The standard InChI is InChI=1S/C8H13ClF3NO/c9-5-7-6-13(3-4-14-7)2-1-8(10,11)12/h7H,1-6H2. The SMILES string of the molecule is FC(F)(F)CCN1CCOC(CCl)C1. The van der Waals surface area contributed by atoms with E-state index in [9.17, 15) is 13.2 Å². The third-order valence-corrected chi connectivity index (χ3v) is 2.45. The van der Waals surface area contributed by atoms with Crippen LogP contribution in [0.25, 0.3) is 0 Å². The molecule has 0 aromatic carbocycles. The number of ether oxygens (including phenoxy) is 1. The van der Waals surface area contributed by atoms with Crippen molar-refractivity contribution < 1.29 is 17.9 Å². The molecule has 0 aliphatic carbocycles. The van der Waals surface area contributed by atoms with E-state index in [0.29, 0.717) is 25.6 Å². The fourth-order valence-corrected chi connectivity index (χ4v) is 1.55. The first-order valence-corrected chi connectivity index (χ1v) is 5.01. The van der Waals surface area contributed by atoms with Crippen LogP contribution in [-0.2, 0) is 4.74 Å². The average Bonchev–Trinajstić information content (AvgIpc) is 2.14. The van der Waals surface area contributed by atoms with E-state index < -0.39 is 12.6 Å². The Bertz CT molecular complexity index is 176. The normalized spacial score (nSPS) is 25.3. The van der Waals surface area contributed by atoms with Crippen molar-refractivity contribution in [3.05, 3.63) is 0 Å². The first kappa shape index (κ1) is 12.1. The van der Waals surface area contributed by atoms with Crippen molar-refractivity contribution in [2.75, 3.05) is 32.1 Å². The fraction of sp³-hybridized carbons (Fsp3) is 1.00. The zero-order valence-electron chi connectivity index (χ0n) is 7.69. The van der Waals surface area contributed by atoms with E-state index in [1.807, 2.05) is 0 Å². The van der Waals surface area contributed by atoms with Gasteiger partial charge in [0.15, 0.2) is 0 Å². The van der Waals surface area contributed by atoms with Gasteiger partial charge in [0.05, 0.1) is 19.1 Å². The van der Waals surface area contributed by atoms with Crippen LogP contribution < -0.4 is 0 Å². The van der Waals surface area contributed by atoms with Gasteiger partial charge in [0, 0.05) is 25.5 Å². The van der Waals surface area contributed by atoms with Gasteiger partial charge >= 0.3 is 6.18 Å². The highest BCUT2D eigenvalue weighted by Gasteiger charge is 2.29. The lowest BCUT2D eigenvalue weighted by atomic mass is 10.3. The summed E-state index contributed by atoms with van der Waals surface area (Å²) in [4.78, 5) is 1.74. The summed E-state index contributed by atoms with van der Waals surface area (Å²) < 4.78 is 41.0. The van der Waals surface area contributed by atoms with Crippen LogP contribution in [0.4, 0.5) is 13.2 Å². The van der Waals surface area contributed by atoms with Gasteiger partial charge in [-0.3, -0.25) is 4.90 Å². The number of halogens is 4. The maximum atomic E-state index is 11.9. The predicted molar refractivity (Wildman–Crippen MR) is 47.6 cm³/mol. The summed E-state index contributed by atoms with van der Waals surface area (Å²) in [6.07, 6.45) is -4.96. The lowest BCUT2D eigenvalue weighted by Gasteiger charge is -2.32. The van der Waals surface area contributed by atoms with Crippen LogP contribution in [0.2, 0.25) is 0 Å².